The Balaban J connectivity index is 1.27. The van der Waals surface area contributed by atoms with Crippen LogP contribution in [0.2, 0.25) is 0 Å². The van der Waals surface area contributed by atoms with Crippen molar-refractivity contribution in [3.05, 3.63) is 71.9 Å². The number of ether oxygens (including phenoxy) is 3. The number of carbonyl (C=O) groups is 1. The number of para-hydroxylation sites is 3. The van der Waals surface area contributed by atoms with Crippen molar-refractivity contribution >= 4 is 5.91 Å². The summed E-state index contributed by atoms with van der Waals surface area (Å²) in [5.74, 6) is 2.24. The van der Waals surface area contributed by atoms with Crippen LogP contribution in [0.15, 0.2) is 60.8 Å². The molecule has 0 fully saturated rings. The van der Waals surface area contributed by atoms with Gasteiger partial charge in [0.05, 0.1) is 24.4 Å². The predicted octanol–water partition coefficient (Wildman–Crippen LogP) is 3.60. The van der Waals surface area contributed by atoms with E-state index in [9.17, 15) is 4.79 Å². The molecule has 2 aliphatic rings. The summed E-state index contributed by atoms with van der Waals surface area (Å²) >= 11 is 0. The van der Waals surface area contributed by atoms with Crippen LogP contribution in [0.1, 0.15) is 15.9 Å². The Hall–Kier alpha value is -3.54. The summed E-state index contributed by atoms with van der Waals surface area (Å²) in [5, 5.41) is 0. The van der Waals surface area contributed by atoms with Crippen LogP contribution in [0.5, 0.6) is 17.2 Å². The van der Waals surface area contributed by atoms with Gasteiger partial charge in [0.1, 0.15) is 12.4 Å². The Kier molecular flexibility index (Phi) is 4.75. The van der Waals surface area contributed by atoms with Gasteiger partial charge in [-0.25, -0.2) is 0 Å². The lowest BCUT2D eigenvalue weighted by molar-refractivity contribution is 0.0520. The lowest BCUT2D eigenvalue weighted by atomic mass is 10.0. The van der Waals surface area contributed by atoms with E-state index in [1.54, 1.807) is 18.1 Å². The molecule has 0 saturated heterocycles. The summed E-state index contributed by atoms with van der Waals surface area (Å²) in [4.78, 5) is 19.0. The van der Waals surface area contributed by atoms with E-state index in [1.807, 2.05) is 48.5 Å². The molecular formula is C24H22N2O4. The first-order chi connectivity index (χ1) is 14.7. The molecule has 2 aliphatic heterocycles. The Bertz CT molecular complexity index is 1080. The molecule has 3 heterocycles. The summed E-state index contributed by atoms with van der Waals surface area (Å²) in [5.41, 5.74) is 3.50. The minimum Gasteiger partial charge on any atom is -0.492 e. The zero-order valence-electron chi connectivity index (χ0n) is 16.7. The lowest BCUT2D eigenvalue weighted by Crippen LogP contribution is -2.41. The van der Waals surface area contributed by atoms with Crippen molar-refractivity contribution in [3.63, 3.8) is 0 Å². The fourth-order valence-corrected chi connectivity index (χ4v) is 3.86. The Morgan fingerprint density at radius 3 is 2.77 bits per heavy atom. The second-order valence-corrected chi connectivity index (χ2v) is 7.51. The number of aromatic nitrogens is 1. The standard InChI is InChI=1S/C24H22N2O4/c1-26(14-18-15-29-21-7-2-3-8-22(21)30-18)24(27)17-9-10-20(25-13-17)19-6-4-5-16-11-12-28-23(16)19/h2-10,13,18H,11-12,14-15H2,1H3/t18-/m1/s1. The normalized spacial score (nSPS) is 16.5. The molecule has 1 aromatic heterocycles. The number of hydrogen-bond acceptors (Lipinski definition) is 5. The molecule has 6 nitrogen and oxygen atoms in total. The van der Waals surface area contributed by atoms with Gasteiger partial charge in [-0.15, -0.1) is 0 Å². The minimum absolute atomic E-state index is 0.106. The van der Waals surface area contributed by atoms with Crippen molar-refractivity contribution < 1.29 is 19.0 Å². The van der Waals surface area contributed by atoms with E-state index < -0.39 is 0 Å². The molecule has 152 valence electrons. The molecule has 0 spiro atoms. The molecule has 0 bridgehead atoms. The zero-order valence-corrected chi connectivity index (χ0v) is 16.7. The minimum atomic E-state index is -0.217. The van der Waals surface area contributed by atoms with Gasteiger partial charge in [-0.2, -0.15) is 0 Å². The van der Waals surface area contributed by atoms with Gasteiger partial charge in [0.15, 0.2) is 17.6 Å². The van der Waals surface area contributed by atoms with E-state index in [2.05, 4.69) is 11.1 Å². The number of hydrogen-bond donors (Lipinski definition) is 0. The van der Waals surface area contributed by atoms with Gasteiger partial charge in [0, 0.05) is 25.2 Å². The Morgan fingerprint density at radius 1 is 1.07 bits per heavy atom. The van der Waals surface area contributed by atoms with Crippen molar-refractivity contribution in [2.75, 3.05) is 26.8 Å². The van der Waals surface area contributed by atoms with Gasteiger partial charge in [-0.05, 0) is 35.9 Å². The third-order valence-electron chi connectivity index (χ3n) is 5.39. The number of benzene rings is 2. The van der Waals surface area contributed by atoms with Crippen molar-refractivity contribution in [1.82, 2.24) is 9.88 Å². The van der Waals surface area contributed by atoms with E-state index in [0.717, 1.165) is 29.2 Å². The molecule has 0 N–H and O–H groups in total. The topological polar surface area (TPSA) is 60.9 Å². The van der Waals surface area contributed by atoms with Gasteiger partial charge in [0.25, 0.3) is 5.91 Å². The van der Waals surface area contributed by atoms with Crippen LogP contribution in [0.4, 0.5) is 0 Å². The highest BCUT2D eigenvalue weighted by atomic mass is 16.6. The molecule has 0 aliphatic carbocycles. The van der Waals surface area contributed by atoms with Crippen molar-refractivity contribution in [2.45, 2.75) is 12.5 Å². The number of fused-ring (bicyclic) bond motifs is 2. The van der Waals surface area contributed by atoms with E-state index >= 15 is 0 Å². The van der Waals surface area contributed by atoms with Gasteiger partial charge >= 0.3 is 0 Å². The van der Waals surface area contributed by atoms with Crippen molar-refractivity contribution in [3.8, 4) is 28.5 Å². The van der Waals surface area contributed by atoms with Crippen molar-refractivity contribution in [1.29, 1.82) is 0 Å². The fraction of sp³-hybridized carbons (Fsp3) is 0.250. The largest absolute Gasteiger partial charge is 0.492 e. The highest BCUT2D eigenvalue weighted by Gasteiger charge is 2.24. The summed E-state index contributed by atoms with van der Waals surface area (Å²) in [7, 11) is 1.76. The highest BCUT2D eigenvalue weighted by molar-refractivity contribution is 5.94. The number of amides is 1. The first-order valence-corrected chi connectivity index (χ1v) is 10.0. The smallest absolute Gasteiger partial charge is 0.255 e. The van der Waals surface area contributed by atoms with E-state index in [0.29, 0.717) is 31.1 Å². The van der Waals surface area contributed by atoms with E-state index in [-0.39, 0.29) is 12.0 Å². The Morgan fingerprint density at radius 2 is 1.93 bits per heavy atom. The molecule has 2 aromatic carbocycles. The average molecular weight is 402 g/mol. The maximum atomic E-state index is 12.9. The molecule has 0 radical (unpaired) electrons. The molecular weight excluding hydrogens is 380 g/mol. The van der Waals surface area contributed by atoms with Crippen LogP contribution in [0.25, 0.3) is 11.3 Å². The monoisotopic (exact) mass is 402 g/mol. The van der Waals surface area contributed by atoms with Crippen molar-refractivity contribution in [2.24, 2.45) is 0 Å². The number of nitrogens with zero attached hydrogens (tertiary/aromatic N) is 2. The molecule has 30 heavy (non-hydrogen) atoms. The second-order valence-electron chi connectivity index (χ2n) is 7.51. The number of rotatable bonds is 4. The molecule has 3 aromatic rings. The first-order valence-electron chi connectivity index (χ1n) is 10.0. The number of likely N-dealkylation sites (N-methyl/N-ethyl adjacent to an activating group) is 1. The SMILES string of the molecule is CN(C[C@@H]1COc2ccccc2O1)C(=O)c1ccc(-c2cccc3c2OCC3)nc1. The van der Waals surface area contributed by atoms with Crippen LogP contribution < -0.4 is 14.2 Å². The third kappa shape index (κ3) is 3.45. The molecule has 5 rings (SSSR count). The number of pyridine rings is 1. The summed E-state index contributed by atoms with van der Waals surface area (Å²) in [6, 6.07) is 17.3. The van der Waals surface area contributed by atoms with Gasteiger partial charge in [-0.1, -0.05) is 24.3 Å². The quantitative estimate of drug-likeness (QED) is 0.667. The Labute approximate surface area is 175 Å². The fourth-order valence-electron chi connectivity index (χ4n) is 3.86. The van der Waals surface area contributed by atoms with E-state index in [4.69, 9.17) is 14.2 Å². The van der Waals surface area contributed by atoms with Crippen LogP contribution in [-0.2, 0) is 6.42 Å². The van der Waals surface area contributed by atoms with Crippen LogP contribution >= 0.6 is 0 Å². The summed E-state index contributed by atoms with van der Waals surface area (Å²) < 4.78 is 17.5. The molecule has 0 saturated carbocycles. The highest BCUT2D eigenvalue weighted by Crippen LogP contribution is 2.36. The van der Waals surface area contributed by atoms with Gasteiger partial charge < -0.3 is 19.1 Å². The number of carbonyl (C=O) groups excluding carboxylic acids is 1. The maximum absolute atomic E-state index is 12.9. The second kappa shape index (κ2) is 7.71. The van der Waals surface area contributed by atoms with E-state index in [1.165, 1.54) is 5.56 Å². The van der Waals surface area contributed by atoms with Crippen LogP contribution in [0.3, 0.4) is 0 Å². The van der Waals surface area contributed by atoms with Crippen LogP contribution in [-0.4, -0.2) is 48.7 Å². The summed E-state index contributed by atoms with van der Waals surface area (Å²) in [6.45, 7) is 1.53. The average Bonchev–Trinajstić information content (AvgIpc) is 3.28. The predicted molar refractivity (Wildman–Crippen MR) is 112 cm³/mol. The first kappa shape index (κ1) is 18.5. The molecule has 6 heteroatoms. The molecule has 0 unspecified atom stereocenters. The van der Waals surface area contributed by atoms with Gasteiger partial charge in [-0.3, -0.25) is 9.78 Å². The van der Waals surface area contributed by atoms with Crippen LogP contribution in [0, 0.1) is 0 Å². The third-order valence-corrected chi connectivity index (χ3v) is 5.39. The lowest BCUT2D eigenvalue weighted by Gasteiger charge is -2.29. The molecule has 1 amide bonds. The summed E-state index contributed by atoms with van der Waals surface area (Å²) in [6.07, 6.45) is 2.32. The molecule has 1 atom stereocenters. The van der Waals surface area contributed by atoms with Gasteiger partial charge in [0.2, 0.25) is 0 Å². The zero-order chi connectivity index (χ0) is 20.5. The maximum Gasteiger partial charge on any atom is 0.255 e.